The Labute approximate surface area is 192 Å². The number of rotatable bonds is 4. The highest BCUT2D eigenvalue weighted by Gasteiger charge is 2.49. The van der Waals surface area contributed by atoms with Crippen molar-refractivity contribution < 1.29 is 14.3 Å². The Hall–Kier alpha value is -2.11. The van der Waals surface area contributed by atoms with E-state index in [1.165, 1.54) is 6.07 Å². The van der Waals surface area contributed by atoms with Gasteiger partial charge in [-0.3, -0.25) is 4.79 Å². The molecule has 1 amide bonds. The van der Waals surface area contributed by atoms with Gasteiger partial charge in [-0.2, -0.15) is 15.4 Å². The predicted molar refractivity (Wildman–Crippen MR) is 122 cm³/mol. The fraction of sp³-hybridized carbons (Fsp3) is 0.409. The molecule has 0 aliphatic carbocycles. The first-order valence-corrected chi connectivity index (χ1v) is 11.5. The number of amides is 1. The van der Waals surface area contributed by atoms with E-state index in [2.05, 4.69) is 43.3 Å². The molecule has 3 N–H and O–H groups in total. The summed E-state index contributed by atoms with van der Waals surface area (Å²) in [5, 5.41) is 25.2. The SMILES string of the molecule is O=C(c1cc2n[nH]nc2cc1Cc1ccc(I)cc1F)N1CC(O)([C@@H]2CCCCN2)C1. The number of aromatic amines is 1. The molecule has 0 saturated carbocycles. The number of piperidine rings is 1. The number of likely N-dealkylation sites (tertiary alicyclic amines) is 1. The minimum atomic E-state index is -0.892. The van der Waals surface area contributed by atoms with Crippen LogP contribution in [-0.2, 0) is 6.42 Å². The van der Waals surface area contributed by atoms with E-state index in [1.54, 1.807) is 23.1 Å². The number of aromatic nitrogens is 3. The van der Waals surface area contributed by atoms with E-state index in [4.69, 9.17) is 0 Å². The van der Waals surface area contributed by atoms with Gasteiger partial charge in [-0.15, -0.1) is 0 Å². The lowest BCUT2D eigenvalue weighted by Crippen LogP contribution is -2.72. The van der Waals surface area contributed by atoms with E-state index in [0.717, 1.165) is 29.4 Å². The molecule has 162 valence electrons. The molecule has 5 rings (SSSR count). The number of nitrogens with one attached hydrogen (secondary N) is 2. The van der Waals surface area contributed by atoms with Crippen molar-refractivity contribution in [1.82, 2.24) is 25.6 Å². The summed E-state index contributed by atoms with van der Waals surface area (Å²) in [7, 11) is 0. The number of aliphatic hydroxyl groups is 1. The molecule has 0 unspecified atom stereocenters. The third kappa shape index (κ3) is 3.94. The average molecular weight is 535 g/mol. The van der Waals surface area contributed by atoms with Crippen LogP contribution in [0.2, 0.25) is 0 Å². The Kier molecular flexibility index (Phi) is 5.43. The first-order valence-electron chi connectivity index (χ1n) is 10.5. The number of fused-ring (bicyclic) bond motifs is 1. The van der Waals surface area contributed by atoms with Gasteiger partial charge in [0, 0.05) is 21.6 Å². The molecule has 3 heterocycles. The Bertz CT molecular complexity index is 1140. The van der Waals surface area contributed by atoms with Gasteiger partial charge in [0.05, 0.1) is 13.1 Å². The maximum Gasteiger partial charge on any atom is 0.254 e. The summed E-state index contributed by atoms with van der Waals surface area (Å²) in [6.07, 6.45) is 3.39. The third-order valence-corrected chi connectivity index (χ3v) is 7.01. The molecule has 7 nitrogen and oxygen atoms in total. The molecule has 0 radical (unpaired) electrons. The predicted octanol–water partition coefficient (Wildman–Crippen LogP) is 2.62. The molecule has 1 atom stereocenters. The Balaban J connectivity index is 1.42. The molecule has 9 heteroatoms. The van der Waals surface area contributed by atoms with Gasteiger partial charge in [-0.25, -0.2) is 4.39 Å². The van der Waals surface area contributed by atoms with E-state index in [9.17, 15) is 14.3 Å². The van der Waals surface area contributed by atoms with Crippen LogP contribution >= 0.6 is 22.6 Å². The van der Waals surface area contributed by atoms with E-state index >= 15 is 0 Å². The van der Waals surface area contributed by atoms with Gasteiger partial charge in [0.25, 0.3) is 5.91 Å². The summed E-state index contributed by atoms with van der Waals surface area (Å²) in [6.45, 7) is 1.48. The molecule has 2 aliphatic rings. The van der Waals surface area contributed by atoms with Crippen molar-refractivity contribution in [3.63, 3.8) is 0 Å². The zero-order valence-corrected chi connectivity index (χ0v) is 19.0. The van der Waals surface area contributed by atoms with Gasteiger partial charge in [0.2, 0.25) is 0 Å². The normalized spacial score (nSPS) is 20.6. The van der Waals surface area contributed by atoms with Crippen molar-refractivity contribution in [2.24, 2.45) is 0 Å². The number of nitrogens with zero attached hydrogens (tertiary/aromatic N) is 3. The highest BCUT2D eigenvalue weighted by Crippen LogP contribution is 2.32. The van der Waals surface area contributed by atoms with Gasteiger partial charge in [0.15, 0.2) is 0 Å². The highest BCUT2D eigenvalue weighted by atomic mass is 127. The Morgan fingerprint density at radius 2 is 1.97 bits per heavy atom. The molecule has 0 spiro atoms. The average Bonchev–Trinajstić information content (AvgIpc) is 3.20. The first kappa shape index (κ1) is 20.8. The maximum absolute atomic E-state index is 14.5. The van der Waals surface area contributed by atoms with Crippen LogP contribution in [0.3, 0.4) is 0 Å². The lowest BCUT2D eigenvalue weighted by atomic mass is 9.81. The zero-order chi connectivity index (χ0) is 21.6. The summed E-state index contributed by atoms with van der Waals surface area (Å²) < 4.78 is 15.3. The van der Waals surface area contributed by atoms with Gasteiger partial charge in [-0.05, 0) is 77.4 Å². The summed E-state index contributed by atoms with van der Waals surface area (Å²) in [6, 6.07) is 8.59. The van der Waals surface area contributed by atoms with Crippen LogP contribution in [0.4, 0.5) is 4.39 Å². The number of β-amino-alcohol motifs (C(OH)–C–C–N with tert-alkyl or cyclic N) is 1. The summed E-state index contributed by atoms with van der Waals surface area (Å²) in [5.41, 5.74) is 2.00. The number of H-pyrrole nitrogens is 1. The largest absolute Gasteiger partial charge is 0.385 e. The second kappa shape index (κ2) is 8.10. The second-order valence-corrected chi connectivity index (χ2v) is 9.75. The standard InChI is InChI=1S/C22H23FIN5O2/c23-17-9-15(24)5-4-13(17)7-14-8-18-19(27-28-26-18)10-16(14)21(30)29-11-22(31,12-29)20-3-1-2-6-25-20/h4-5,8-10,20,25,31H,1-3,6-7,11-12H2,(H,26,27,28)/t20-/m0/s1. The molecule has 2 aliphatic heterocycles. The smallest absolute Gasteiger partial charge is 0.254 e. The lowest BCUT2D eigenvalue weighted by molar-refractivity contribution is -0.108. The van der Waals surface area contributed by atoms with Crippen molar-refractivity contribution in [3.05, 3.63) is 56.4 Å². The van der Waals surface area contributed by atoms with Gasteiger partial charge in [0.1, 0.15) is 22.5 Å². The van der Waals surface area contributed by atoms with Crippen LogP contribution in [0.15, 0.2) is 30.3 Å². The van der Waals surface area contributed by atoms with Crippen molar-refractivity contribution in [2.45, 2.75) is 37.3 Å². The molecule has 3 aromatic rings. The molecular weight excluding hydrogens is 512 g/mol. The van der Waals surface area contributed by atoms with Crippen LogP contribution in [0.5, 0.6) is 0 Å². The molecule has 2 saturated heterocycles. The maximum atomic E-state index is 14.5. The van der Waals surface area contributed by atoms with Gasteiger partial charge in [-0.1, -0.05) is 12.5 Å². The highest BCUT2D eigenvalue weighted by molar-refractivity contribution is 14.1. The fourth-order valence-corrected chi connectivity index (χ4v) is 5.06. The fourth-order valence-electron chi connectivity index (χ4n) is 4.61. The molecule has 31 heavy (non-hydrogen) atoms. The van der Waals surface area contributed by atoms with E-state index in [-0.39, 0.29) is 37.3 Å². The topological polar surface area (TPSA) is 94.1 Å². The number of halogens is 2. The number of hydrogen-bond acceptors (Lipinski definition) is 5. The van der Waals surface area contributed by atoms with Crippen LogP contribution < -0.4 is 5.32 Å². The first-order chi connectivity index (χ1) is 14.9. The second-order valence-electron chi connectivity index (χ2n) is 8.50. The van der Waals surface area contributed by atoms with Crippen molar-refractivity contribution in [1.29, 1.82) is 0 Å². The van der Waals surface area contributed by atoms with Crippen LogP contribution in [0, 0.1) is 9.39 Å². The Morgan fingerprint density at radius 3 is 2.68 bits per heavy atom. The number of benzene rings is 2. The summed E-state index contributed by atoms with van der Waals surface area (Å²) in [5.74, 6) is -0.474. The molecular formula is C22H23FIN5O2. The van der Waals surface area contributed by atoms with Crippen LogP contribution in [-0.4, -0.2) is 62.6 Å². The van der Waals surface area contributed by atoms with Crippen molar-refractivity contribution in [2.75, 3.05) is 19.6 Å². The molecule has 0 bridgehead atoms. The van der Waals surface area contributed by atoms with Gasteiger partial charge < -0.3 is 15.3 Å². The van der Waals surface area contributed by atoms with E-state index < -0.39 is 5.60 Å². The molecule has 2 aromatic carbocycles. The van der Waals surface area contributed by atoms with Crippen LogP contribution in [0.1, 0.15) is 40.7 Å². The van der Waals surface area contributed by atoms with Gasteiger partial charge >= 0.3 is 0 Å². The van der Waals surface area contributed by atoms with Crippen molar-refractivity contribution in [3.8, 4) is 0 Å². The van der Waals surface area contributed by atoms with E-state index in [1.807, 2.05) is 6.07 Å². The minimum absolute atomic E-state index is 0.0173. The molecule has 1 aromatic heterocycles. The third-order valence-electron chi connectivity index (χ3n) is 6.34. The lowest BCUT2D eigenvalue weighted by Gasteiger charge is -2.51. The zero-order valence-electron chi connectivity index (χ0n) is 16.9. The summed E-state index contributed by atoms with van der Waals surface area (Å²) >= 11 is 2.07. The number of carbonyl (C=O) groups excluding carboxylic acids is 1. The summed E-state index contributed by atoms with van der Waals surface area (Å²) in [4.78, 5) is 15.0. The Morgan fingerprint density at radius 1 is 1.19 bits per heavy atom. The van der Waals surface area contributed by atoms with E-state index in [0.29, 0.717) is 27.7 Å². The molecule has 2 fully saturated rings. The van der Waals surface area contributed by atoms with Crippen molar-refractivity contribution >= 4 is 39.5 Å². The number of carbonyl (C=O) groups is 1. The number of hydrogen-bond donors (Lipinski definition) is 3. The quantitative estimate of drug-likeness (QED) is 0.447. The van der Waals surface area contributed by atoms with Crippen LogP contribution in [0.25, 0.3) is 11.0 Å². The minimum Gasteiger partial charge on any atom is -0.385 e. The monoisotopic (exact) mass is 535 g/mol.